The zero-order chi connectivity index (χ0) is 22.9. The molecule has 9 heteroatoms. The summed E-state index contributed by atoms with van der Waals surface area (Å²) in [4.78, 5) is 13.9. The van der Waals surface area contributed by atoms with Crippen molar-refractivity contribution in [2.75, 3.05) is 26.2 Å². The minimum atomic E-state index is -4.63. The van der Waals surface area contributed by atoms with Crippen molar-refractivity contribution >= 4 is 26.7 Å². The number of halogens is 3. The summed E-state index contributed by atoms with van der Waals surface area (Å²) in [5, 5.41) is 2.12. The molecule has 168 valence electrons. The topological polar surface area (TPSA) is 57.7 Å². The summed E-state index contributed by atoms with van der Waals surface area (Å²) in [5.41, 5.74) is -0.143. The van der Waals surface area contributed by atoms with Crippen molar-refractivity contribution in [2.45, 2.75) is 17.5 Å². The lowest BCUT2D eigenvalue weighted by molar-refractivity contribution is -0.137. The van der Waals surface area contributed by atoms with E-state index in [-0.39, 0.29) is 38.5 Å². The van der Waals surface area contributed by atoms with Gasteiger partial charge in [0.05, 0.1) is 16.9 Å². The molecule has 1 aliphatic heterocycles. The number of nitrogens with zero attached hydrogens (tertiary/aromatic N) is 2. The molecule has 1 aliphatic rings. The molecule has 1 amide bonds. The molecule has 32 heavy (non-hydrogen) atoms. The molecule has 0 saturated carbocycles. The zero-order valence-electron chi connectivity index (χ0n) is 17.0. The van der Waals surface area contributed by atoms with Crippen molar-refractivity contribution in [3.8, 4) is 0 Å². The summed E-state index contributed by atoms with van der Waals surface area (Å²) < 4.78 is 65.6. The van der Waals surface area contributed by atoms with Crippen molar-refractivity contribution in [3.05, 3.63) is 77.9 Å². The van der Waals surface area contributed by atoms with Gasteiger partial charge in [-0.25, -0.2) is 8.42 Å². The van der Waals surface area contributed by atoms with Crippen molar-refractivity contribution in [3.63, 3.8) is 0 Å². The molecule has 4 rings (SSSR count). The summed E-state index contributed by atoms with van der Waals surface area (Å²) in [7, 11) is -4.08. The van der Waals surface area contributed by atoms with Crippen LogP contribution in [0, 0.1) is 0 Å². The minimum Gasteiger partial charge on any atom is -0.340 e. The summed E-state index contributed by atoms with van der Waals surface area (Å²) in [6, 6.07) is 17.4. The van der Waals surface area contributed by atoms with Gasteiger partial charge in [-0.05, 0) is 34.5 Å². The highest BCUT2D eigenvalue weighted by molar-refractivity contribution is 7.89. The maximum absolute atomic E-state index is 13.0. The number of amides is 1. The van der Waals surface area contributed by atoms with Crippen molar-refractivity contribution in [2.24, 2.45) is 0 Å². The van der Waals surface area contributed by atoms with Gasteiger partial charge in [-0.2, -0.15) is 17.5 Å². The van der Waals surface area contributed by atoms with E-state index >= 15 is 0 Å². The first-order chi connectivity index (χ1) is 15.1. The van der Waals surface area contributed by atoms with Crippen LogP contribution in [0.2, 0.25) is 0 Å². The van der Waals surface area contributed by atoms with Crippen LogP contribution in [-0.4, -0.2) is 49.7 Å². The monoisotopic (exact) mass is 462 g/mol. The maximum atomic E-state index is 13.0. The third-order valence-electron chi connectivity index (χ3n) is 5.56. The highest BCUT2D eigenvalue weighted by Crippen LogP contribution is 2.31. The Labute approximate surface area is 184 Å². The second-order valence-electron chi connectivity index (χ2n) is 7.67. The van der Waals surface area contributed by atoms with E-state index in [0.717, 1.165) is 38.8 Å². The number of carbonyl (C=O) groups excluding carboxylic acids is 1. The first-order valence-electron chi connectivity index (χ1n) is 10.1. The van der Waals surface area contributed by atoms with Crippen LogP contribution < -0.4 is 0 Å². The maximum Gasteiger partial charge on any atom is 0.416 e. The van der Waals surface area contributed by atoms with E-state index in [2.05, 4.69) is 0 Å². The minimum absolute atomic E-state index is 0.0298. The van der Waals surface area contributed by atoms with Crippen LogP contribution in [0.25, 0.3) is 10.8 Å². The first-order valence-corrected chi connectivity index (χ1v) is 11.5. The molecule has 1 fully saturated rings. The number of hydrogen-bond donors (Lipinski definition) is 0. The van der Waals surface area contributed by atoms with Gasteiger partial charge in [-0.1, -0.05) is 48.5 Å². The van der Waals surface area contributed by atoms with E-state index in [0.29, 0.717) is 6.07 Å². The van der Waals surface area contributed by atoms with Crippen molar-refractivity contribution in [1.29, 1.82) is 0 Å². The van der Waals surface area contributed by atoms with Crippen LogP contribution in [0.3, 0.4) is 0 Å². The standard InChI is InChI=1S/C23H21F3N2O3S/c24-23(25,26)20-6-3-7-21(16-20)32(30,31)28-12-10-27(11-13-28)22(29)15-17-8-9-18-4-1-2-5-19(18)14-17/h1-9,14,16H,10-13,15H2. The summed E-state index contributed by atoms with van der Waals surface area (Å²) >= 11 is 0. The average molecular weight is 462 g/mol. The highest BCUT2D eigenvalue weighted by Gasteiger charge is 2.34. The van der Waals surface area contributed by atoms with Crippen LogP contribution >= 0.6 is 0 Å². The largest absolute Gasteiger partial charge is 0.416 e. The molecule has 3 aromatic carbocycles. The second-order valence-corrected chi connectivity index (χ2v) is 9.61. The summed E-state index contributed by atoms with van der Waals surface area (Å²) in [5.74, 6) is -0.114. The molecular weight excluding hydrogens is 441 g/mol. The van der Waals surface area contributed by atoms with Gasteiger partial charge in [0.1, 0.15) is 0 Å². The number of hydrogen-bond acceptors (Lipinski definition) is 3. The number of sulfonamides is 1. The van der Waals surface area contributed by atoms with Gasteiger partial charge in [0, 0.05) is 26.2 Å². The molecule has 1 heterocycles. The lowest BCUT2D eigenvalue weighted by atomic mass is 10.0. The third-order valence-corrected chi connectivity index (χ3v) is 7.45. The number of carbonyl (C=O) groups is 1. The Balaban J connectivity index is 1.41. The molecule has 0 radical (unpaired) electrons. The van der Waals surface area contributed by atoms with E-state index in [1.165, 1.54) is 0 Å². The number of piperazine rings is 1. The van der Waals surface area contributed by atoms with Crippen LogP contribution in [0.4, 0.5) is 13.2 Å². The molecule has 0 spiro atoms. The predicted octanol–water partition coefficient (Wildman–Crippen LogP) is 3.93. The number of benzene rings is 3. The first kappa shape index (κ1) is 22.3. The van der Waals surface area contributed by atoms with Gasteiger partial charge in [0.2, 0.25) is 15.9 Å². The molecule has 0 aromatic heterocycles. The van der Waals surface area contributed by atoms with Crippen molar-refractivity contribution < 1.29 is 26.4 Å². The van der Waals surface area contributed by atoms with Gasteiger partial charge >= 0.3 is 6.18 Å². The van der Waals surface area contributed by atoms with E-state index < -0.39 is 26.7 Å². The number of rotatable bonds is 4. The Hall–Kier alpha value is -2.91. The Morgan fingerprint density at radius 1 is 0.844 bits per heavy atom. The lowest BCUT2D eigenvalue weighted by Crippen LogP contribution is -2.50. The number of fused-ring (bicyclic) bond motifs is 1. The fourth-order valence-electron chi connectivity index (χ4n) is 3.79. The normalized spacial score (nSPS) is 15.8. The second kappa shape index (κ2) is 8.55. The number of alkyl halides is 3. The zero-order valence-corrected chi connectivity index (χ0v) is 17.9. The molecule has 0 unspecified atom stereocenters. The van der Waals surface area contributed by atoms with E-state index in [1.807, 2.05) is 42.5 Å². The summed E-state index contributed by atoms with van der Waals surface area (Å²) in [6.07, 6.45) is -4.43. The third kappa shape index (κ3) is 4.63. The van der Waals surface area contributed by atoms with Crippen molar-refractivity contribution in [1.82, 2.24) is 9.21 Å². The van der Waals surface area contributed by atoms with Gasteiger partial charge in [-0.3, -0.25) is 4.79 Å². The molecule has 0 atom stereocenters. The molecule has 0 aliphatic carbocycles. The smallest absolute Gasteiger partial charge is 0.340 e. The summed E-state index contributed by atoms with van der Waals surface area (Å²) in [6.45, 7) is 0.430. The van der Waals surface area contributed by atoms with E-state index in [4.69, 9.17) is 0 Å². The average Bonchev–Trinajstić information content (AvgIpc) is 2.78. The fraction of sp³-hybridized carbons (Fsp3) is 0.261. The molecule has 0 N–H and O–H groups in total. The Morgan fingerprint density at radius 2 is 1.53 bits per heavy atom. The van der Waals surface area contributed by atoms with E-state index in [1.54, 1.807) is 4.90 Å². The van der Waals surface area contributed by atoms with Gasteiger partial charge in [0.25, 0.3) is 0 Å². The SMILES string of the molecule is O=C(Cc1ccc2ccccc2c1)N1CCN(S(=O)(=O)c2cccc(C(F)(F)F)c2)CC1. The Morgan fingerprint density at radius 3 is 2.22 bits per heavy atom. The quantitative estimate of drug-likeness (QED) is 0.590. The van der Waals surface area contributed by atoms with Crippen LogP contribution in [0.5, 0.6) is 0 Å². The lowest BCUT2D eigenvalue weighted by Gasteiger charge is -2.34. The molecule has 3 aromatic rings. The molecule has 5 nitrogen and oxygen atoms in total. The van der Waals surface area contributed by atoms with Crippen LogP contribution in [0.1, 0.15) is 11.1 Å². The van der Waals surface area contributed by atoms with Crippen LogP contribution in [-0.2, 0) is 27.4 Å². The molecule has 1 saturated heterocycles. The Bertz CT molecular complexity index is 1250. The molecular formula is C23H21F3N2O3S. The molecule has 0 bridgehead atoms. The fourth-order valence-corrected chi connectivity index (χ4v) is 5.26. The predicted molar refractivity (Wildman–Crippen MR) is 114 cm³/mol. The Kier molecular flexibility index (Phi) is 5.96. The van der Waals surface area contributed by atoms with Crippen LogP contribution in [0.15, 0.2) is 71.6 Å². The van der Waals surface area contributed by atoms with Gasteiger partial charge in [-0.15, -0.1) is 0 Å². The van der Waals surface area contributed by atoms with Gasteiger partial charge < -0.3 is 4.90 Å². The van der Waals surface area contributed by atoms with E-state index in [9.17, 15) is 26.4 Å². The highest BCUT2D eigenvalue weighted by atomic mass is 32.2. The van der Waals surface area contributed by atoms with Gasteiger partial charge in [0.15, 0.2) is 0 Å².